The summed E-state index contributed by atoms with van der Waals surface area (Å²) in [5.74, 6) is 1.03. The standard InChI is InChI=1S/C12H12N4O/c1-7-11(12-15-10(6-13)17-16-12)8-4-2-3-5-9(8)14-7/h2-5,14H,6,13H2,1H3. The van der Waals surface area contributed by atoms with Crippen molar-refractivity contribution in [1.82, 2.24) is 15.1 Å². The number of nitrogens with zero attached hydrogens (tertiary/aromatic N) is 2. The minimum Gasteiger partial charge on any atom is -0.358 e. The molecule has 0 aliphatic rings. The van der Waals surface area contributed by atoms with Crippen LogP contribution in [0.15, 0.2) is 28.8 Å². The molecule has 3 N–H and O–H groups in total. The van der Waals surface area contributed by atoms with Gasteiger partial charge in [-0.05, 0) is 13.0 Å². The lowest BCUT2D eigenvalue weighted by atomic mass is 10.1. The second kappa shape index (κ2) is 3.71. The number of H-pyrrole nitrogens is 1. The van der Waals surface area contributed by atoms with E-state index in [0.29, 0.717) is 11.7 Å². The van der Waals surface area contributed by atoms with Gasteiger partial charge in [-0.15, -0.1) is 0 Å². The predicted octanol–water partition coefficient (Wildman–Crippen LogP) is 1.99. The molecule has 86 valence electrons. The van der Waals surface area contributed by atoms with Gasteiger partial charge in [0.1, 0.15) is 0 Å². The summed E-state index contributed by atoms with van der Waals surface area (Å²) in [6.45, 7) is 2.25. The largest absolute Gasteiger partial charge is 0.358 e. The molecule has 0 amide bonds. The second-order valence-corrected chi connectivity index (χ2v) is 3.89. The molecule has 0 spiro atoms. The summed E-state index contributed by atoms with van der Waals surface area (Å²) in [6, 6.07) is 8.04. The van der Waals surface area contributed by atoms with Gasteiger partial charge in [-0.3, -0.25) is 0 Å². The molecule has 2 aromatic heterocycles. The molecule has 3 rings (SSSR count). The topological polar surface area (TPSA) is 80.7 Å². The normalized spacial score (nSPS) is 11.2. The van der Waals surface area contributed by atoms with Crippen LogP contribution in [-0.4, -0.2) is 15.1 Å². The first kappa shape index (κ1) is 10.0. The minimum atomic E-state index is 0.258. The molecule has 0 bridgehead atoms. The van der Waals surface area contributed by atoms with Crippen LogP contribution in [0.25, 0.3) is 22.3 Å². The van der Waals surface area contributed by atoms with Crippen LogP contribution in [0.1, 0.15) is 11.6 Å². The van der Waals surface area contributed by atoms with Crippen molar-refractivity contribution < 1.29 is 4.52 Å². The molecule has 0 aliphatic carbocycles. The van der Waals surface area contributed by atoms with Gasteiger partial charge in [0.25, 0.3) is 0 Å². The van der Waals surface area contributed by atoms with Gasteiger partial charge in [-0.2, -0.15) is 4.98 Å². The van der Waals surface area contributed by atoms with E-state index >= 15 is 0 Å². The van der Waals surface area contributed by atoms with Crippen LogP contribution in [0.3, 0.4) is 0 Å². The van der Waals surface area contributed by atoms with Gasteiger partial charge >= 0.3 is 0 Å². The number of aromatic nitrogens is 3. The maximum absolute atomic E-state index is 5.46. The van der Waals surface area contributed by atoms with Crippen molar-refractivity contribution in [3.63, 3.8) is 0 Å². The van der Waals surface area contributed by atoms with Crippen molar-refractivity contribution in [3.05, 3.63) is 35.9 Å². The molecule has 17 heavy (non-hydrogen) atoms. The fraction of sp³-hybridized carbons (Fsp3) is 0.167. The van der Waals surface area contributed by atoms with Crippen LogP contribution in [-0.2, 0) is 6.54 Å². The first-order valence-electron chi connectivity index (χ1n) is 5.40. The van der Waals surface area contributed by atoms with E-state index in [2.05, 4.69) is 15.1 Å². The lowest BCUT2D eigenvalue weighted by molar-refractivity contribution is 0.380. The van der Waals surface area contributed by atoms with E-state index in [-0.39, 0.29) is 6.54 Å². The first-order valence-corrected chi connectivity index (χ1v) is 5.40. The fourth-order valence-electron chi connectivity index (χ4n) is 2.00. The number of nitrogens with two attached hydrogens (primary N) is 1. The molecule has 3 aromatic rings. The molecule has 0 aliphatic heterocycles. The Morgan fingerprint density at radius 1 is 1.35 bits per heavy atom. The Labute approximate surface area is 97.6 Å². The van der Waals surface area contributed by atoms with Crippen molar-refractivity contribution in [2.24, 2.45) is 5.73 Å². The lowest BCUT2D eigenvalue weighted by Crippen LogP contribution is -1.95. The highest BCUT2D eigenvalue weighted by atomic mass is 16.5. The van der Waals surface area contributed by atoms with E-state index in [0.717, 1.165) is 22.2 Å². The summed E-state index contributed by atoms with van der Waals surface area (Å²) in [4.78, 5) is 7.56. The molecule has 0 fully saturated rings. The molecule has 2 heterocycles. The van der Waals surface area contributed by atoms with E-state index in [4.69, 9.17) is 10.3 Å². The van der Waals surface area contributed by atoms with Gasteiger partial charge in [-0.1, -0.05) is 23.4 Å². The van der Waals surface area contributed by atoms with Crippen molar-refractivity contribution >= 4 is 10.9 Å². The van der Waals surface area contributed by atoms with Gasteiger partial charge in [0.05, 0.1) is 12.1 Å². The van der Waals surface area contributed by atoms with Gasteiger partial charge in [0.15, 0.2) is 0 Å². The number of fused-ring (bicyclic) bond motifs is 1. The number of hydrogen-bond acceptors (Lipinski definition) is 4. The minimum absolute atomic E-state index is 0.258. The van der Waals surface area contributed by atoms with E-state index in [1.165, 1.54) is 0 Å². The Bertz CT molecular complexity index is 668. The molecular formula is C12H12N4O. The van der Waals surface area contributed by atoms with E-state index < -0.39 is 0 Å². The predicted molar refractivity (Wildman–Crippen MR) is 64.2 cm³/mol. The van der Waals surface area contributed by atoms with Crippen LogP contribution in [0.5, 0.6) is 0 Å². The number of aromatic amines is 1. The maximum atomic E-state index is 5.46. The summed E-state index contributed by atoms with van der Waals surface area (Å²) < 4.78 is 5.04. The Balaban J connectivity index is 2.25. The van der Waals surface area contributed by atoms with Gasteiger partial charge in [0, 0.05) is 16.6 Å². The molecule has 0 saturated carbocycles. The van der Waals surface area contributed by atoms with E-state index in [9.17, 15) is 0 Å². The van der Waals surface area contributed by atoms with Crippen molar-refractivity contribution in [2.75, 3.05) is 0 Å². The molecule has 0 saturated heterocycles. The molecule has 0 atom stereocenters. The van der Waals surface area contributed by atoms with Crippen LogP contribution >= 0.6 is 0 Å². The third-order valence-corrected chi connectivity index (χ3v) is 2.76. The average Bonchev–Trinajstić information content (AvgIpc) is 2.91. The summed E-state index contributed by atoms with van der Waals surface area (Å²) in [5, 5.41) is 5.05. The Morgan fingerprint density at radius 2 is 2.18 bits per heavy atom. The van der Waals surface area contributed by atoms with Crippen LogP contribution in [0, 0.1) is 6.92 Å². The second-order valence-electron chi connectivity index (χ2n) is 3.89. The number of para-hydroxylation sites is 1. The third kappa shape index (κ3) is 1.52. The van der Waals surface area contributed by atoms with Gasteiger partial charge in [0.2, 0.25) is 11.7 Å². The van der Waals surface area contributed by atoms with Crippen molar-refractivity contribution in [1.29, 1.82) is 0 Å². The Morgan fingerprint density at radius 3 is 2.94 bits per heavy atom. The SMILES string of the molecule is Cc1[nH]c2ccccc2c1-c1noc(CN)n1. The highest BCUT2D eigenvalue weighted by molar-refractivity contribution is 5.95. The monoisotopic (exact) mass is 228 g/mol. The number of aryl methyl sites for hydroxylation is 1. The molecule has 5 heteroatoms. The highest BCUT2D eigenvalue weighted by Crippen LogP contribution is 2.29. The maximum Gasteiger partial charge on any atom is 0.240 e. The fourth-order valence-corrected chi connectivity index (χ4v) is 2.00. The summed E-state index contributed by atoms with van der Waals surface area (Å²) in [7, 11) is 0. The van der Waals surface area contributed by atoms with Crippen molar-refractivity contribution in [3.8, 4) is 11.4 Å². The van der Waals surface area contributed by atoms with E-state index in [1.54, 1.807) is 0 Å². The highest BCUT2D eigenvalue weighted by Gasteiger charge is 2.15. The van der Waals surface area contributed by atoms with E-state index in [1.807, 2.05) is 31.2 Å². The van der Waals surface area contributed by atoms with Crippen LogP contribution in [0.2, 0.25) is 0 Å². The molecule has 5 nitrogen and oxygen atoms in total. The van der Waals surface area contributed by atoms with Crippen LogP contribution in [0.4, 0.5) is 0 Å². The van der Waals surface area contributed by atoms with Crippen LogP contribution < -0.4 is 5.73 Å². The Hall–Kier alpha value is -2.14. The lowest BCUT2D eigenvalue weighted by Gasteiger charge is -1.93. The molecule has 0 radical (unpaired) electrons. The number of hydrogen-bond donors (Lipinski definition) is 2. The van der Waals surface area contributed by atoms with Gasteiger partial charge in [-0.25, -0.2) is 0 Å². The zero-order chi connectivity index (χ0) is 11.8. The first-order chi connectivity index (χ1) is 8.29. The Kier molecular flexibility index (Phi) is 2.19. The molecular weight excluding hydrogens is 216 g/mol. The zero-order valence-electron chi connectivity index (χ0n) is 9.40. The summed E-state index contributed by atoms with van der Waals surface area (Å²) >= 11 is 0. The number of benzene rings is 1. The number of rotatable bonds is 2. The van der Waals surface area contributed by atoms with Gasteiger partial charge < -0.3 is 15.2 Å². The van der Waals surface area contributed by atoms with Crippen molar-refractivity contribution in [2.45, 2.75) is 13.5 Å². The zero-order valence-corrected chi connectivity index (χ0v) is 9.40. The third-order valence-electron chi connectivity index (χ3n) is 2.76. The molecule has 1 aromatic carbocycles. The average molecular weight is 228 g/mol. The summed E-state index contributed by atoms with van der Waals surface area (Å²) in [6.07, 6.45) is 0. The summed E-state index contributed by atoms with van der Waals surface area (Å²) in [5.41, 5.74) is 8.53. The number of nitrogens with one attached hydrogen (secondary N) is 1. The molecule has 0 unspecified atom stereocenters. The smallest absolute Gasteiger partial charge is 0.240 e. The quantitative estimate of drug-likeness (QED) is 0.702.